The lowest BCUT2D eigenvalue weighted by molar-refractivity contribution is 0.190. The van der Waals surface area contributed by atoms with E-state index in [0.717, 1.165) is 27.4 Å². The molecule has 132 valence electrons. The zero-order valence-electron chi connectivity index (χ0n) is 14.9. The topological polar surface area (TPSA) is 55.3 Å². The molecule has 0 radical (unpaired) electrons. The maximum Gasteiger partial charge on any atom is 0.243 e. The van der Waals surface area contributed by atoms with Crippen molar-refractivity contribution in [3.8, 4) is 11.3 Å². The van der Waals surface area contributed by atoms with Crippen molar-refractivity contribution >= 4 is 15.9 Å². The second kappa shape index (κ2) is 7.54. The molecular weight excluding hydrogens is 382 g/mol. The molecule has 0 amide bonds. The van der Waals surface area contributed by atoms with Crippen molar-refractivity contribution in [2.24, 2.45) is 0 Å². The molecule has 3 aromatic rings. The van der Waals surface area contributed by atoms with Crippen molar-refractivity contribution in [3.05, 3.63) is 58.3 Å². The molecule has 0 bridgehead atoms. The number of hydrogen-bond donors (Lipinski definition) is 0. The zero-order chi connectivity index (χ0) is 18.0. The molecular formula is C19H22BrN3O2. The second-order valence-electron chi connectivity index (χ2n) is 6.51. The van der Waals surface area contributed by atoms with Crippen molar-refractivity contribution in [1.29, 1.82) is 0 Å². The lowest BCUT2D eigenvalue weighted by atomic mass is 10.2. The molecule has 0 fully saturated rings. The van der Waals surface area contributed by atoms with Crippen LogP contribution < -0.4 is 0 Å². The van der Waals surface area contributed by atoms with Gasteiger partial charge in [-0.25, -0.2) is 0 Å². The minimum Gasteiger partial charge on any atom is -0.460 e. The van der Waals surface area contributed by atoms with Crippen LogP contribution >= 0.6 is 15.9 Å². The number of aromatic nitrogens is 2. The molecule has 6 heteroatoms. The molecule has 0 aliphatic carbocycles. The summed E-state index contributed by atoms with van der Waals surface area (Å²) in [5.74, 6) is 3.39. The van der Waals surface area contributed by atoms with Crippen molar-refractivity contribution in [2.45, 2.75) is 39.3 Å². The largest absolute Gasteiger partial charge is 0.460 e. The Bertz CT molecular complexity index is 823. The standard InChI is InChI=1S/C19H22BrN3O2/c1-12(2)18-21-19(25-22-18)13(3)23(4)11-16-9-10-17(24-16)14-5-7-15(20)8-6-14/h5-10,12-13H,11H2,1-4H3. The Labute approximate surface area is 156 Å². The fraction of sp³-hybridized carbons (Fsp3) is 0.368. The number of nitrogens with zero attached hydrogens (tertiary/aromatic N) is 3. The summed E-state index contributed by atoms with van der Waals surface area (Å²) in [5.41, 5.74) is 1.06. The van der Waals surface area contributed by atoms with E-state index < -0.39 is 0 Å². The molecule has 0 aliphatic heterocycles. The van der Waals surface area contributed by atoms with Crippen molar-refractivity contribution < 1.29 is 8.94 Å². The lowest BCUT2D eigenvalue weighted by Gasteiger charge is -2.20. The minimum atomic E-state index is 0.0150. The molecule has 0 saturated heterocycles. The summed E-state index contributed by atoms with van der Waals surface area (Å²) in [4.78, 5) is 6.61. The number of halogens is 1. The van der Waals surface area contributed by atoms with Crippen LogP contribution in [0.3, 0.4) is 0 Å². The van der Waals surface area contributed by atoms with E-state index >= 15 is 0 Å². The summed E-state index contributed by atoms with van der Waals surface area (Å²) in [7, 11) is 2.02. The average Bonchev–Trinajstić information content (AvgIpc) is 3.24. The van der Waals surface area contributed by atoms with Gasteiger partial charge in [-0.05, 0) is 38.2 Å². The molecule has 0 saturated carbocycles. The van der Waals surface area contributed by atoms with Crippen molar-refractivity contribution in [3.63, 3.8) is 0 Å². The maximum atomic E-state index is 5.99. The van der Waals surface area contributed by atoms with Crippen LogP contribution in [0.2, 0.25) is 0 Å². The van der Waals surface area contributed by atoms with Gasteiger partial charge in [0.1, 0.15) is 11.5 Å². The summed E-state index contributed by atoms with van der Waals surface area (Å²) in [5, 5.41) is 4.04. The highest BCUT2D eigenvalue weighted by molar-refractivity contribution is 9.10. The van der Waals surface area contributed by atoms with Gasteiger partial charge in [-0.2, -0.15) is 4.98 Å². The van der Waals surface area contributed by atoms with Gasteiger partial charge in [-0.1, -0.05) is 47.1 Å². The van der Waals surface area contributed by atoms with E-state index in [1.54, 1.807) is 0 Å². The molecule has 1 unspecified atom stereocenters. The van der Waals surface area contributed by atoms with E-state index in [2.05, 4.69) is 51.7 Å². The van der Waals surface area contributed by atoms with Gasteiger partial charge in [0.05, 0.1) is 12.6 Å². The molecule has 3 rings (SSSR count). The Kier molecular flexibility index (Phi) is 5.39. The molecule has 1 aromatic carbocycles. The summed E-state index contributed by atoms with van der Waals surface area (Å²) in [6.07, 6.45) is 0. The third kappa shape index (κ3) is 4.19. The Balaban J connectivity index is 1.68. The number of hydrogen-bond acceptors (Lipinski definition) is 5. The minimum absolute atomic E-state index is 0.0150. The fourth-order valence-corrected chi connectivity index (χ4v) is 2.72. The number of benzene rings is 1. The fourth-order valence-electron chi connectivity index (χ4n) is 2.45. The first-order chi connectivity index (χ1) is 11.9. The van der Waals surface area contributed by atoms with E-state index in [1.165, 1.54) is 0 Å². The Morgan fingerprint density at radius 2 is 1.80 bits per heavy atom. The first-order valence-electron chi connectivity index (χ1n) is 8.32. The van der Waals surface area contributed by atoms with Crippen molar-refractivity contribution in [2.75, 3.05) is 7.05 Å². The molecule has 0 N–H and O–H groups in total. The highest BCUT2D eigenvalue weighted by Gasteiger charge is 2.21. The first-order valence-corrected chi connectivity index (χ1v) is 9.11. The summed E-state index contributed by atoms with van der Waals surface area (Å²) < 4.78 is 12.4. The predicted molar refractivity (Wildman–Crippen MR) is 100 cm³/mol. The Morgan fingerprint density at radius 3 is 2.44 bits per heavy atom. The van der Waals surface area contributed by atoms with Gasteiger partial charge >= 0.3 is 0 Å². The molecule has 2 heterocycles. The van der Waals surface area contributed by atoms with Gasteiger partial charge in [0.2, 0.25) is 5.89 Å². The van der Waals surface area contributed by atoms with Crippen LogP contribution in [-0.2, 0) is 6.54 Å². The number of rotatable bonds is 6. The predicted octanol–water partition coefficient (Wildman–Crippen LogP) is 5.41. The molecule has 5 nitrogen and oxygen atoms in total. The molecule has 0 aliphatic rings. The normalized spacial score (nSPS) is 12.9. The maximum absolute atomic E-state index is 5.99. The van der Waals surface area contributed by atoms with Gasteiger partial charge in [0, 0.05) is 16.0 Å². The van der Waals surface area contributed by atoms with Crippen LogP contribution in [0.1, 0.15) is 50.2 Å². The van der Waals surface area contributed by atoms with E-state index in [4.69, 9.17) is 8.94 Å². The van der Waals surface area contributed by atoms with Crippen LogP contribution in [0.5, 0.6) is 0 Å². The SMILES string of the molecule is CC(C)c1noc(C(C)N(C)Cc2ccc(-c3ccc(Br)cc3)o2)n1. The first kappa shape index (κ1) is 17.9. The van der Waals surface area contributed by atoms with Gasteiger partial charge in [0.25, 0.3) is 0 Å². The van der Waals surface area contributed by atoms with E-state index in [-0.39, 0.29) is 12.0 Å². The Hall–Kier alpha value is -1.92. The third-order valence-corrected chi connectivity index (χ3v) is 4.72. The van der Waals surface area contributed by atoms with Crippen LogP contribution in [0.25, 0.3) is 11.3 Å². The molecule has 1 atom stereocenters. The summed E-state index contributed by atoms with van der Waals surface area (Å²) in [6, 6.07) is 12.1. The van der Waals surface area contributed by atoms with Gasteiger partial charge in [0.15, 0.2) is 5.82 Å². The molecule has 25 heavy (non-hydrogen) atoms. The van der Waals surface area contributed by atoms with E-state index in [0.29, 0.717) is 12.4 Å². The van der Waals surface area contributed by atoms with Gasteiger partial charge < -0.3 is 8.94 Å². The highest BCUT2D eigenvalue weighted by atomic mass is 79.9. The third-order valence-electron chi connectivity index (χ3n) is 4.19. The van der Waals surface area contributed by atoms with Crippen molar-refractivity contribution in [1.82, 2.24) is 15.0 Å². The second-order valence-corrected chi connectivity index (χ2v) is 7.43. The molecule has 0 spiro atoms. The summed E-state index contributed by atoms with van der Waals surface area (Å²) >= 11 is 3.45. The molecule has 2 aromatic heterocycles. The average molecular weight is 404 g/mol. The zero-order valence-corrected chi connectivity index (χ0v) is 16.4. The van der Waals surface area contributed by atoms with Crippen LogP contribution in [0.4, 0.5) is 0 Å². The van der Waals surface area contributed by atoms with E-state index in [1.807, 2.05) is 43.4 Å². The lowest BCUT2D eigenvalue weighted by Crippen LogP contribution is -2.22. The monoisotopic (exact) mass is 403 g/mol. The van der Waals surface area contributed by atoms with Gasteiger partial charge in [-0.3, -0.25) is 4.90 Å². The highest BCUT2D eigenvalue weighted by Crippen LogP contribution is 2.26. The number of furan rings is 1. The van der Waals surface area contributed by atoms with Gasteiger partial charge in [-0.15, -0.1) is 0 Å². The van der Waals surface area contributed by atoms with Crippen LogP contribution in [-0.4, -0.2) is 22.1 Å². The van der Waals surface area contributed by atoms with Crippen LogP contribution in [0.15, 0.2) is 49.8 Å². The Morgan fingerprint density at radius 1 is 1.08 bits per heavy atom. The quantitative estimate of drug-likeness (QED) is 0.550. The van der Waals surface area contributed by atoms with Crippen LogP contribution in [0, 0.1) is 0 Å². The van der Waals surface area contributed by atoms with E-state index in [9.17, 15) is 0 Å². The smallest absolute Gasteiger partial charge is 0.243 e. The summed E-state index contributed by atoms with van der Waals surface area (Å²) in [6.45, 7) is 6.82.